The van der Waals surface area contributed by atoms with Crippen molar-refractivity contribution in [3.63, 3.8) is 0 Å². The molecule has 1 amide bonds. The third kappa shape index (κ3) is 4.66. The number of nitrogens with one attached hydrogen (secondary N) is 1. The molecule has 0 aliphatic carbocycles. The monoisotopic (exact) mass is 373 g/mol. The Morgan fingerprint density at radius 2 is 1.96 bits per heavy atom. The van der Waals surface area contributed by atoms with Crippen molar-refractivity contribution in [2.24, 2.45) is 0 Å². The van der Waals surface area contributed by atoms with Gasteiger partial charge in [-0.15, -0.1) is 0 Å². The van der Waals surface area contributed by atoms with E-state index in [2.05, 4.69) is 30.2 Å². The summed E-state index contributed by atoms with van der Waals surface area (Å²) in [6.45, 7) is 4.72. The van der Waals surface area contributed by atoms with Crippen LogP contribution >= 0.6 is 0 Å². The number of carbonyl (C=O) groups is 1. The molecular formula is C23H23N3O2. The van der Waals surface area contributed by atoms with Crippen molar-refractivity contribution in [1.29, 1.82) is 5.26 Å². The predicted octanol–water partition coefficient (Wildman–Crippen LogP) is 4.70. The zero-order chi connectivity index (χ0) is 19.9. The highest BCUT2D eigenvalue weighted by atomic mass is 16.3. The first-order valence-electron chi connectivity index (χ1n) is 9.40. The van der Waals surface area contributed by atoms with Crippen LogP contribution in [0.25, 0.3) is 11.3 Å². The van der Waals surface area contributed by atoms with E-state index in [1.54, 1.807) is 24.5 Å². The Morgan fingerprint density at radius 3 is 2.61 bits per heavy atom. The Labute approximate surface area is 165 Å². The molecule has 0 fully saturated rings. The molecule has 0 aliphatic heterocycles. The summed E-state index contributed by atoms with van der Waals surface area (Å²) >= 11 is 0. The number of pyridine rings is 1. The molecule has 0 radical (unpaired) electrons. The first-order chi connectivity index (χ1) is 13.6. The molecule has 3 aromatic rings. The number of nitriles is 1. The van der Waals surface area contributed by atoms with E-state index in [1.165, 1.54) is 0 Å². The molecule has 3 rings (SSSR count). The van der Waals surface area contributed by atoms with Crippen LogP contribution in [-0.2, 0) is 6.42 Å². The third-order valence-corrected chi connectivity index (χ3v) is 4.51. The van der Waals surface area contributed by atoms with Gasteiger partial charge < -0.3 is 9.73 Å². The number of nitrogens with zero attached hydrogens (tertiary/aromatic N) is 2. The Hall–Kier alpha value is -3.39. The number of furan rings is 1. The highest BCUT2D eigenvalue weighted by Gasteiger charge is 2.12. The van der Waals surface area contributed by atoms with E-state index in [0.29, 0.717) is 23.4 Å². The van der Waals surface area contributed by atoms with E-state index in [9.17, 15) is 10.1 Å². The number of benzene rings is 1. The van der Waals surface area contributed by atoms with Crippen LogP contribution in [0.4, 0.5) is 0 Å². The maximum absolute atomic E-state index is 12.3. The lowest BCUT2D eigenvalue weighted by atomic mass is 10.0. The molecule has 1 N–H and O–H groups in total. The number of hydrogen-bond donors (Lipinski definition) is 1. The topological polar surface area (TPSA) is 78.9 Å². The highest BCUT2D eigenvalue weighted by Crippen LogP contribution is 2.24. The Bertz CT molecular complexity index is 968. The van der Waals surface area contributed by atoms with Crippen LogP contribution in [0.5, 0.6) is 0 Å². The molecule has 0 unspecified atom stereocenters. The Balaban J connectivity index is 1.65. The van der Waals surface area contributed by atoms with Crippen molar-refractivity contribution in [2.45, 2.75) is 32.6 Å². The van der Waals surface area contributed by atoms with Gasteiger partial charge in [-0.05, 0) is 48.7 Å². The maximum atomic E-state index is 12.3. The molecule has 5 nitrogen and oxygen atoms in total. The van der Waals surface area contributed by atoms with E-state index >= 15 is 0 Å². The number of rotatable bonds is 7. The van der Waals surface area contributed by atoms with Crippen molar-refractivity contribution in [2.75, 3.05) is 6.54 Å². The van der Waals surface area contributed by atoms with Crippen LogP contribution in [0.3, 0.4) is 0 Å². The SMILES string of the molecule is CC(C)c1ccc(C#N)c(-c2ccc(C(=O)NCCCc3ccco3)cc2)n1. The van der Waals surface area contributed by atoms with Crippen molar-refractivity contribution < 1.29 is 9.21 Å². The molecular weight excluding hydrogens is 350 g/mol. The molecule has 2 heterocycles. The molecule has 142 valence electrons. The summed E-state index contributed by atoms with van der Waals surface area (Å²) in [5, 5.41) is 12.3. The summed E-state index contributed by atoms with van der Waals surface area (Å²) < 4.78 is 5.28. The first-order valence-corrected chi connectivity index (χ1v) is 9.40. The van der Waals surface area contributed by atoms with Gasteiger partial charge in [-0.3, -0.25) is 9.78 Å². The van der Waals surface area contributed by atoms with Gasteiger partial charge in [0.05, 0.1) is 17.5 Å². The van der Waals surface area contributed by atoms with Crippen molar-refractivity contribution in [3.05, 3.63) is 77.4 Å². The summed E-state index contributed by atoms with van der Waals surface area (Å²) in [7, 11) is 0. The van der Waals surface area contributed by atoms with Gasteiger partial charge in [0.2, 0.25) is 0 Å². The van der Waals surface area contributed by atoms with E-state index in [4.69, 9.17) is 4.42 Å². The van der Waals surface area contributed by atoms with Gasteiger partial charge in [0, 0.05) is 29.8 Å². The Morgan fingerprint density at radius 1 is 1.18 bits per heavy atom. The van der Waals surface area contributed by atoms with Crippen LogP contribution in [0.2, 0.25) is 0 Å². The van der Waals surface area contributed by atoms with Gasteiger partial charge >= 0.3 is 0 Å². The van der Waals surface area contributed by atoms with E-state index in [1.807, 2.05) is 30.3 Å². The summed E-state index contributed by atoms with van der Waals surface area (Å²) in [5.41, 5.74) is 3.53. The summed E-state index contributed by atoms with van der Waals surface area (Å²) in [5.74, 6) is 1.08. The maximum Gasteiger partial charge on any atom is 0.251 e. The molecule has 2 aromatic heterocycles. The summed E-state index contributed by atoms with van der Waals surface area (Å²) in [4.78, 5) is 17.0. The summed E-state index contributed by atoms with van der Waals surface area (Å²) in [6.07, 6.45) is 3.26. The Kier molecular flexibility index (Phi) is 6.23. The number of amides is 1. The lowest BCUT2D eigenvalue weighted by Gasteiger charge is -2.10. The molecule has 0 spiro atoms. The van der Waals surface area contributed by atoms with Crippen molar-refractivity contribution in [1.82, 2.24) is 10.3 Å². The minimum atomic E-state index is -0.115. The van der Waals surface area contributed by atoms with E-state index < -0.39 is 0 Å². The molecule has 5 heteroatoms. The van der Waals surface area contributed by atoms with Gasteiger partial charge in [0.1, 0.15) is 11.8 Å². The van der Waals surface area contributed by atoms with E-state index in [0.717, 1.165) is 29.9 Å². The van der Waals surface area contributed by atoms with Gasteiger partial charge in [0.25, 0.3) is 5.91 Å². The molecule has 0 atom stereocenters. The quantitative estimate of drug-likeness (QED) is 0.609. The average molecular weight is 373 g/mol. The molecule has 0 aliphatic rings. The fourth-order valence-corrected chi connectivity index (χ4v) is 2.91. The predicted molar refractivity (Wildman–Crippen MR) is 108 cm³/mol. The van der Waals surface area contributed by atoms with Gasteiger partial charge in [0.15, 0.2) is 0 Å². The summed E-state index contributed by atoms with van der Waals surface area (Å²) in [6, 6.07) is 16.9. The number of aromatic nitrogens is 1. The number of carbonyl (C=O) groups excluding carboxylic acids is 1. The largest absolute Gasteiger partial charge is 0.469 e. The van der Waals surface area contributed by atoms with Crippen molar-refractivity contribution >= 4 is 5.91 Å². The second kappa shape index (κ2) is 9.01. The molecule has 0 saturated heterocycles. The lowest BCUT2D eigenvalue weighted by molar-refractivity contribution is 0.0953. The number of hydrogen-bond acceptors (Lipinski definition) is 4. The van der Waals surface area contributed by atoms with Crippen LogP contribution in [-0.4, -0.2) is 17.4 Å². The second-order valence-corrected chi connectivity index (χ2v) is 6.91. The number of aryl methyl sites for hydroxylation is 1. The normalized spacial score (nSPS) is 10.6. The van der Waals surface area contributed by atoms with Crippen LogP contribution in [0, 0.1) is 11.3 Å². The molecule has 1 aromatic carbocycles. The first kappa shape index (κ1) is 19.4. The molecule has 28 heavy (non-hydrogen) atoms. The van der Waals surface area contributed by atoms with E-state index in [-0.39, 0.29) is 11.8 Å². The van der Waals surface area contributed by atoms with Gasteiger partial charge in [-0.1, -0.05) is 26.0 Å². The van der Waals surface area contributed by atoms with Crippen molar-refractivity contribution in [3.8, 4) is 17.3 Å². The van der Waals surface area contributed by atoms with Gasteiger partial charge in [-0.25, -0.2) is 0 Å². The van der Waals surface area contributed by atoms with Crippen LogP contribution in [0.1, 0.15) is 53.6 Å². The third-order valence-electron chi connectivity index (χ3n) is 4.51. The fraction of sp³-hybridized carbons (Fsp3) is 0.261. The fourth-order valence-electron chi connectivity index (χ4n) is 2.91. The zero-order valence-electron chi connectivity index (χ0n) is 16.1. The standard InChI is InChI=1S/C23H23N3O2/c1-16(2)21-12-11-19(15-24)22(26-21)17-7-9-18(10-8-17)23(27)25-13-3-5-20-6-4-14-28-20/h4,6-12,14,16H,3,5,13H2,1-2H3,(H,25,27). The van der Waals surface area contributed by atoms with Crippen LogP contribution < -0.4 is 5.32 Å². The minimum absolute atomic E-state index is 0.115. The van der Waals surface area contributed by atoms with Crippen LogP contribution in [0.15, 0.2) is 59.2 Å². The lowest BCUT2D eigenvalue weighted by Crippen LogP contribution is -2.24. The highest BCUT2D eigenvalue weighted by molar-refractivity contribution is 5.94. The van der Waals surface area contributed by atoms with Gasteiger partial charge in [-0.2, -0.15) is 5.26 Å². The molecule has 0 saturated carbocycles. The average Bonchev–Trinajstić information content (AvgIpc) is 3.24. The zero-order valence-corrected chi connectivity index (χ0v) is 16.1. The second-order valence-electron chi connectivity index (χ2n) is 6.91. The molecule has 0 bridgehead atoms. The minimum Gasteiger partial charge on any atom is -0.469 e. The smallest absolute Gasteiger partial charge is 0.251 e.